The Morgan fingerprint density at radius 1 is 1.53 bits per heavy atom. The first-order chi connectivity index (χ1) is 8.00. The molecule has 0 radical (unpaired) electrons. The maximum Gasteiger partial charge on any atom is 0.337 e. The van der Waals surface area contributed by atoms with E-state index in [1.54, 1.807) is 19.1 Å². The molecule has 3 N–H and O–H groups in total. The predicted molar refractivity (Wildman–Crippen MR) is 63.1 cm³/mol. The molecule has 5 nitrogen and oxygen atoms in total. The number of carbonyl (C=O) groups is 2. The number of nitrogens with zero attached hydrogens (tertiary/aromatic N) is 1. The number of nitrogens with two attached hydrogens (primary N) is 1. The highest BCUT2D eigenvalue weighted by molar-refractivity contribution is 6.04. The molecule has 1 aromatic carbocycles. The summed E-state index contributed by atoms with van der Waals surface area (Å²) in [6, 6.07) is 4.74. The smallest absolute Gasteiger partial charge is 0.337 e. The molecule has 1 atom stereocenters. The number of benzene rings is 1. The van der Waals surface area contributed by atoms with Crippen LogP contribution in [0.4, 0.5) is 5.69 Å². The van der Waals surface area contributed by atoms with Crippen LogP contribution in [-0.2, 0) is 4.79 Å². The van der Waals surface area contributed by atoms with Crippen LogP contribution in [0.25, 0.3) is 0 Å². The van der Waals surface area contributed by atoms with Gasteiger partial charge in [0.15, 0.2) is 0 Å². The van der Waals surface area contributed by atoms with Crippen molar-refractivity contribution in [2.24, 2.45) is 5.73 Å². The second-order valence-corrected chi connectivity index (χ2v) is 4.24. The van der Waals surface area contributed by atoms with Crippen LogP contribution in [0, 0.1) is 6.92 Å². The molecular weight excluding hydrogens is 220 g/mol. The lowest BCUT2D eigenvalue weighted by atomic mass is 10.1. The first kappa shape index (κ1) is 11.6. The Morgan fingerprint density at radius 3 is 2.76 bits per heavy atom. The van der Waals surface area contributed by atoms with E-state index >= 15 is 0 Å². The van der Waals surface area contributed by atoms with Gasteiger partial charge in [0, 0.05) is 19.0 Å². The molecule has 1 saturated heterocycles. The lowest BCUT2D eigenvalue weighted by Gasteiger charge is -2.20. The molecule has 1 fully saturated rings. The van der Waals surface area contributed by atoms with Crippen molar-refractivity contribution < 1.29 is 14.7 Å². The molecule has 1 heterocycles. The number of carbonyl (C=O) groups excluding carboxylic acids is 1. The van der Waals surface area contributed by atoms with Crippen molar-refractivity contribution in [2.75, 3.05) is 11.4 Å². The summed E-state index contributed by atoms with van der Waals surface area (Å²) < 4.78 is 0. The van der Waals surface area contributed by atoms with Crippen molar-refractivity contribution in [3.8, 4) is 0 Å². The molecule has 1 aliphatic heterocycles. The molecule has 0 spiro atoms. The molecule has 1 aromatic rings. The average Bonchev–Trinajstić information content (AvgIpc) is 2.57. The average molecular weight is 234 g/mol. The van der Waals surface area contributed by atoms with Crippen LogP contribution in [0.3, 0.4) is 0 Å². The summed E-state index contributed by atoms with van der Waals surface area (Å²) in [5, 5.41) is 9.13. The molecule has 0 aliphatic carbocycles. The van der Waals surface area contributed by atoms with Gasteiger partial charge in [0.2, 0.25) is 5.91 Å². The van der Waals surface area contributed by atoms with Gasteiger partial charge in [-0.3, -0.25) is 4.79 Å². The zero-order valence-electron chi connectivity index (χ0n) is 9.51. The fourth-order valence-electron chi connectivity index (χ4n) is 2.14. The molecule has 0 saturated carbocycles. The first-order valence-corrected chi connectivity index (χ1v) is 5.39. The van der Waals surface area contributed by atoms with Crippen molar-refractivity contribution in [3.05, 3.63) is 29.3 Å². The van der Waals surface area contributed by atoms with E-state index in [1.165, 1.54) is 11.0 Å². The summed E-state index contributed by atoms with van der Waals surface area (Å²) in [6.45, 7) is 2.17. The molecule has 0 bridgehead atoms. The summed E-state index contributed by atoms with van der Waals surface area (Å²) >= 11 is 0. The Kier molecular flexibility index (Phi) is 2.85. The van der Waals surface area contributed by atoms with Crippen molar-refractivity contribution in [1.82, 2.24) is 0 Å². The number of carboxylic acid groups (broad SMARTS) is 1. The van der Waals surface area contributed by atoms with Gasteiger partial charge in [-0.15, -0.1) is 0 Å². The van der Waals surface area contributed by atoms with Crippen LogP contribution in [0.1, 0.15) is 22.3 Å². The zero-order chi connectivity index (χ0) is 12.6. The SMILES string of the molecule is Cc1cccc(C(=O)O)c1N1CC(N)CC1=O. The van der Waals surface area contributed by atoms with E-state index in [2.05, 4.69) is 0 Å². The van der Waals surface area contributed by atoms with Crippen molar-refractivity contribution in [1.29, 1.82) is 0 Å². The lowest BCUT2D eigenvalue weighted by molar-refractivity contribution is -0.117. The van der Waals surface area contributed by atoms with E-state index < -0.39 is 5.97 Å². The van der Waals surface area contributed by atoms with Gasteiger partial charge in [-0.2, -0.15) is 0 Å². The second kappa shape index (κ2) is 4.18. The summed E-state index contributed by atoms with van der Waals surface area (Å²) in [5.41, 5.74) is 7.11. The molecule has 17 heavy (non-hydrogen) atoms. The largest absolute Gasteiger partial charge is 0.478 e. The molecule has 2 rings (SSSR count). The van der Waals surface area contributed by atoms with Gasteiger partial charge in [-0.1, -0.05) is 12.1 Å². The summed E-state index contributed by atoms with van der Waals surface area (Å²) in [5.74, 6) is -1.15. The Bertz CT molecular complexity index is 485. The van der Waals surface area contributed by atoms with E-state index in [0.717, 1.165) is 5.56 Å². The van der Waals surface area contributed by atoms with Crippen LogP contribution >= 0.6 is 0 Å². The Hall–Kier alpha value is -1.88. The van der Waals surface area contributed by atoms with Gasteiger partial charge in [0.1, 0.15) is 0 Å². The number of aryl methyl sites for hydroxylation is 1. The van der Waals surface area contributed by atoms with Crippen LogP contribution in [-0.4, -0.2) is 29.6 Å². The van der Waals surface area contributed by atoms with Crippen LogP contribution in [0.5, 0.6) is 0 Å². The predicted octanol–water partition coefficient (Wildman–Crippen LogP) is 0.757. The van der Waals surface area contributed by atoms with Gasteiger partial charge in [-0.05, 0) is 18.6 Å². The summed E-state index contributed by atoms with van der Waals surface area (Å²) in [4.78, 5) is 24.4. The highest BCUT2D eigenvalue weighted by atomic mass is 16.4. The second-order valence-electron chi connectivity index (χ2n) is 4.24. The van der Waals surface area contributed by atoms with E-state index in [0.29, 0.717) is 12.2 Å². The minimum atomic E-state index is -1.03. The van der Waals surface area contributed by atoms with Crippen molar-refractivity contribution in [3.63, 3.8) is 0 Å². The third-order valence-electron chi connectivity index (χ3n) is 2.89. The van der Waals surface area contributed by atoms with Gasteiger partial charge in [0.25, 0.3) is 0 Å². The lowest BCUT2D eigenvalue weighted by Crippen LogP contribution is -2.30. The third kappa shape index (κ3) is 2.01. The highest BCUT2D eigenvalue weighted by Gasteiger charge is 2.31. The van der Waals surface area contributed by atoms with Gasteiger partial charge >= 0.3 is 5.97 Å². The van der Waals surface area contributed by atoms with Crippen LogP contribution < -0.4 is 10.6 Å². The fourth-order valence-corrected chi connectivity index (χ4v) is 2.14. The Labute approximate surface area is 98.8 Å². The van der Waals surface area contributed by atoms with E-state index in [9.17, 15) is 9.59 Å². The molecule has 5 heteroatoms. The maximum absolute atomic E-state index is 11.8. The number of aromatic carboxylic acids is 1. The molecular formula is C12H14N2O3. The van der Waals surface area contributed by atoms with Crippen LogP contribution in [0.2, 0.25) is 0 Å². The Balaban J connectivity index is 2.51. The van der Waals surface area contributed by atoms with Crippen molar-refractivity contribution >= 4 is 17.6 Å². The highest BCUT2D eigenvalue weighted by Crippen LogP contribution is 2.28. The topological polar surface area (TPSA) is 83.6 Å². The van der Waals surface area contributed by atoms with Gasteiger partial charge < -0.3 is 15.7 Å². The van der Waals surface area contributed by atoms with Crippen LogP contribution in [0.15, 0.2) is 18.2 Å². The van der Waals surface area contributed by atoms with E-state index in [-0.39, 0.29) is 23.9 Å². The number of anilines is 1. The minimum Gasteiger partial charge on any atom is -0.478 e. The number of rotatable bonds is 2. The molecule has 1 aliphatic rings. The standard InChI is InChI=1S/C12H14N2O3/c1-7-3-2-4-9(12(16)17)11(7)14-6-8(13)5-10(14)15/h2-4,8H,5-6,13H2,1H3,(H,16,17). The first-order valence-electron chi connectivity index (χ1n) is 5.39. The zero-order valence-corrected chi connectivity index (χ0v) is 9.51. The maximum atomic E-state index is 11.8. The van der Waals surface area contributed by atoms with E-state index in [1.807, 2.05) is 0 Å². The normalized spacial score (nSPS) is 19.8. The monoisotopic (exact) mass is 234 g/mol. The van der Waals surface area contributed by atoms with E-state index in [4.69, 9.17) is 10.8 Å². The Morgan fingerprint density at radius 2 is 2.24 bits per heavy atom. The number of hydrogen-bond acceptors (Lipinski definition) is 3. The molecule has 1 amide bonds. The van der Waals surface area contributed by atoms with Gasteiger partial charge in [0.05, 0.1) is 11.3 Å². The number of carboxylic acids is 1. The minimum absolute atomic E-state index is 0.116. The summed E-state index contributed by atoms with van der Waals surface area (Å²) in [7, 11) is 0. The number of hydrogen-bond donors (Lipinski definition) is 2. The third-order valence-corrected chi connectivity index (χ3v) is 2.89. The molecule has 90 valence electrons. The number of para-hydroxylation sites is 1. The van der Waals surface area contributed by atoms with Gasteiger partial charge in [-0.25, -0.2) is 4.79 Å². The fraction of sp³-hybridized carbons (Fsp3) is 0.333. The summed E-state index contributed by atoms with van der Waals surface area (Å²) in [6.07, 6.45) is 0.271. The quantitative estimate of drug-likeness (QED) is 0.791. The molecule has 1 unspecified atom stereocenters. The molecule has 0 aromatic heterocycles. The number of amides is 1. The van der Waals surface area contributed by atoms with Crippen molar-refractivity contribution in [2.45, 2.75) is 19.4 Å².